The number of hydrogen-bond acceptors (Lipinski definition) is 1. The molecule has 0 aliphatic rings. The van der Waals surface area contributed by atoms with Gasteiger partial charge < -0.3 is 4.42 Å². The molecule has 0 bridgehead atoms. The molecule has 0 aliphatic carbocycles. The summed E-state index contributed by atoms with van der Waals surface area (Å²) in [7, 11) is 0. The predicted molar refractivity (Wildman–Crippen MR) is 216 cm³/mol. The molecule has 0 N–H and O–H groups in total. The van der Waals surface area contributed by atoms with E-state index in [-0.39, 0.29) is 39.9 Å². The summed E-state index contributed by atoms with van der Waals surface area (Å²) < 4.78 is 135. The van der Waals surface area contributed by atoms with Gasteiger partial charge in [0.2, 0.25) is 0 Å². The van der Waals surface area contributed by atoms with E-state index in [0.29, 0.717) is 27.7 Å². The van der Waals surface area contributed by atoms with Gasteiger partial charge >= 0.3 is 0 Å². The lowest BCUT2D eigenvalue weighted by molar-refractivity contribution is 0.669. The third kappa shape index (κ3) is 4.86. The van der Waals surface area contributed by atoms with Gasteiger partial charge in [-0.25, -0.2) is 0 Å². The number of furan rings is 1. The lowest BCUT2D eigenvalue weighted by Crippen LogP contribution is -1.93. The van der Waals surface area contributed by atoms with Crippen LogP contribution in [0.1, 0.15) is 20.6 Å². The Bertz CT molecular complexity index is 3640. The molecule has 1 heteroatoms. The number of rotatable bonds is 5. The molecule has 51 heavy (non-hydrogen) atoms. The van der Waals surface area contributed by atoms with Gasteiger partial charge in [0.15, 0.2) is 0 Å². The van der Waals surface area contributed by atoms with Crippen molar-refractivity contribution < 1.29 is 25.0 Å². The highest BCUT2D eigenvalue weighted by Crippen LogP contribution is 2.48. The van der Waals surface area contributed by atoms with Crippen LogP contribution in [-0.4, -0.2) is 0 Å². The van der Waals surface area contributed by atoms with Crippen molar-refractivity contribution in [1.29, 1.82) is 0 Å². The van der Waals surface area contributed by atoms with E-state index >= 15 is 0 Å². The third-order valence-electron chi connectivity index (χ3n) is 9.33. The van der Waals surface area contributed by atoms with Gasteiger partial charge in [0.1, 0.15) is 11.2 Å². The molecule has 1 aromatic heterocycles. The van der Waals surface area contributed by atoms with Crippen LogP contribution >= 0.6 is 0 Å². The van der Waals surface area contributed by atoms with Crippen LogP contribution in [0, 0.1) is 0 Å². The lowest BCUT2D eigenvalue weighted by atomic mass is 9.83. The van der Waals surface area contributed by atoms with Crippen LogP contribution < -0.4 is 0 Å². The van der Waals surface area contributed by atoms with Crippen molar-refractivity contribution in [2.75, 3.05) is 0 Å². The average Bonchev–Trinajstić information content (AvgIpc) is 3.71. The summed E-state index contributed by atoms with van der Waals surface area (Å²) in [6.07, 6.45) is 0. The maximum Gasteiger partial charge on any atom is 0.136 e. The number of hydrogen-bond donors (Lipinski definition) is 0. The molecule has 238 valence electrons. The van der Waals surface area contributed by atoms with E-state index in [2.05, 4.69) is 0 Å². The first-order chi connectivity index (χ1) is 31.5. The lowest BCUT2D eigenvalue weighted by Gasteiger charge is -2.19. The second-order valence-electron chi connectivity index (χ2n) is 12.1. The molecule has 0 atom stereocenters. The Balaban J connectivity index is 1.28. The second-order valence-corrected chi connectivity index (χ2v) is 12.1. The Morgan fingerprint density at radius 1 is 0.333 bits per heavy atom. The maximum atomic E-state index is 9.02. The van der Waals surface area contributed by atoms with Crippen molar-refractivity contribution in [3.05, 3.63) is 194 Å². The molecule has 0 unspecified atom stereocenters. The molecule has 0 spiro atoms. The standard InChI is InChI=1S/C50H32O/c1-4-15-33(16-5-1)36-28-30-46-45(31-36)50-43(25-14-26-47(50)51-46)49-41-23-12-10-21-39(41)48(40-22-11-13-24-42(40)49)37-27-29-38(34-17-6-2-7-18-34)44(32-37)35-19-8-3-9-20-35/h1-32H/i1D,2D,3D,4D,5D,6D,7D,8D,9D,15D,16D,17D,18D,19D,20D. The largest absolute Gasteiger partial charge is 0.456 e. The summed E-state index contributed by atoms with van der Waals surface area (Å²) in [6.45, 7) is 0. The Hall–Kier alpha value is -6.70. The van der Waals surface area contributed by atoms with Crippen molar-refractivity contribution in [1.82, 2.24) is 0 Å². The summed E-state index contributed by atoms with van der Waals surface area (Å²) in [4.78, 5) is 0. The first-order valence-electron chi connectivity index (χ1n) is 23.8. The van der Waals surface area contributed by atoms with Crippen LogP contribution in [0.25, 0.3) is 99.1 Å². The van der Waals surface area contributed by atoms with E-state index in [1.54, 1.807) is 36.4 Å². The van der Waals surface area contributed by atoms with Crippen LogP contribution in [0.15, 0.2) is 198 Å². The molecule has 9 aromatic carbocycles. The molecule has 1 nitrogen and oxygen atoms in total. The second kappa shape index (κ2) is 12.0. The highest BCUT2D eigenvalue weighted by Gasteiger charge is 2.21. The Labute approximate surface area is 317 Å². The van der Waals surface area contributed by atoms with Gasteiger partial charge in [-0.1, -0.05) is 169 Å². The summed E-state index contributed by atoms with van der Waals surface area (Å²) >= 11 is 0. The number of fused-ring (bicyclic) bond motifs is 5. The number of benzene rings is 9. The average molecular weight is 664 g/mol. The zero-order valence-electron chi connectivity index (χ0n) is 41.7. The van der Waals surface area contributed by atoms with Crippen molar-refractivity contribution in [3.63, 3.8) is 0 Å². The Morgan fingerprint density at radius 2 is 0.882 bits per heavy atom. The van der Waals surface area contributed by atoms with Crippen LogP contribution in [0.4, 0.5) is 0 Å². The molecule has 0 amide bonds. The fourth-order valence-electron chi connectivity index (χ4n) is 7.21. The molecule has 0 saturated heterocycles. The van der Waals surface area contributed by atoms with Crippen molar-refractivity contribution >= 4 is 43.5 Å². The van der Waals surface area contributed by atoms with Crippen LogP contribution in [0.3, 0.4) is 0 Å². The van der Waals surface area contributed by atoms with Gasteiger partial charge in [0.05, 0.1) is 20.6 Å². The fraction of sp³-hybridized carbons (Fsp3) is 0. The van der Waals surface area contributed by atoms with Crippen molar-refractivity contribution in [2.24, 2.45) is 0 Å². The summed E-state index contributed by atoms with van der Waals surface area (Å²) in [5.41, 5.74) is 4.26. The zero-order valence-corrected chi connectivity index (χ0v) is 26.7. The zero-order chi connectivity index (χ0) is 46.8. The van der Waals surface area contributed by atoms with Crippen LogP contribution in [0.2, 0.25) is 0 Å². The minimum absolute atomic E-state index is 0.0653. The summed E-state index contributed by atoms with van der Waals surface area (Å²) in [5.74, 6) is 0. The van der Waals surface area contributed by atoms with E-state index in [9.17, 15) is 0 Å². The third-order valence-corrected chi connectivity index (χ3v) is 9.33. The van der Waals surface area contributed by atoms with Gasteiger partial charge in [0.25, 0.3) is 0 Å². The summed E-state index contributed by atoms with van der Waals surface area (Å²) in [5, 5.41) is 4.57. The Kier molecular flexibility index (Phi) is 4.19. The monoisotopic (exact) mass is 663 g/mol. The first kappa shape index (κ1) is 17.8. The highest BCUT2D eigenvalue weighted by atomic mass is 16.3. The molecule has 10 rings (SSSR count). The van der Waals surface area contributed by atoms with E-state index < -0.39 is 78.6 Å². The van der Waals surface area contributed by atoms with Gasteiger partial charge in [-0.3, -0.25) is 0 Å². The smallest absolute Gasteiger partial charge is 0.136 e. The quantitative estimate of drug-likeness (QED) is 0.167. The molecule has 0 saturated carbocycles. The minimum atomic E-state index is -0.604. The van der Waals surface area contributed by atoms with Crippen molar-refractivity contribution in [2.45, 2.75) is 0 Å². The van der Waals surface area contributed by atoms with E-state index in [4.69, 9.17) is 25.0 Å². The van der Waals surface area contributed by atoms with E-state index in [1.807, 2.05) is 66.7 Å². The predicted octanol–water partition coefficient (Wildman–Crippen LogP) is 14.2. The van der Waals surface area contributed by atoms with Crippen LogP contribution in [0.5, 0.6) is 0 Å². The van der Waals surface area contributed by atoms with Gasteiger partial charge in [-0.05, 0) is 101 Å². The molecular formula is C50H32O. The normalized spacial score (nSPS) is 15.6. The maximum absolute atomic E-state index is 9.02. The van der Waals surface area contributed by atoms with E-state index in [1.165, 1.54) is 0 Å². The molecule has 0 radical (unpaired) electrons. The molecule has 1 heterocycles. The molecule has 0 fully saturated rings. The minimum Gasteiger partial charge on any atom is -0.456 e. The topological polar surface area (TPSA) is 13.1 Å². The molecule has 0 aliphatic heterocycles. The van der Waals surface area contributed by atoms with Gasteiger partial charge in [-0.2, -0.15) is 0 Å². The molecule has 10 aromatic rings. The van der Waals surface area contributed by atoms with Gasteiger partial charge in [-0.15, -0.1) is 0 Å². The van der Waals surface area contributed by atoms with Crippen LogP contribution in [-0.2, 0) is 0 Å². The SMILES string of the molecule is [2H]c1c([2H])c([2H])c(-c2ccc3oc4cccc(-c5c6ccccc6c(-c6ccc(-c7c([2H])c([2H])c([2H])c([2H])c7[2H])c(-c7c([2H])c([2H])c([2H])c([2H])c7[2H])c6)c6ccccc56)c4c3c2)c([2H])c1[2H]. The molecular weight excluding hydrogens is 617 g/mol. The van der Waals surface area contributed by atoms with Crippen molar-refractivity contribution in [3.8, 4) is 55.6 Å². The first-order valence-corrected chi connectivity index (χ1v) is 16.3. The fourth-order valence-corrected chi connectivity index (χ4v) is 7.21. The van der Waals surface area contributed by atoms with E-state index in [0.717, 1.165) is 43.6 Å². The highest BCUT2D eigenvalue weighted by molar-refractivity contribution is 6.26. The van der Waals surface area contributed by atoms with Gasteiger partial charge in [0, 0.05) is 10.8 Å². The summed E-state index contributed by atoms with van der Waals surface area (Å²) in [6, 6.07) is 23.7. The Morgan fingerprint density at radius 3 is 1.51 bits per heavy atom.